The lowest BCUT2D eigenvalue weighted by Gasteiger charge is -2.24. The maximum absolute atomic E-state index is 12.1. The monoisotopic (exact) mass is 230 g/mol. The highest BCUT2D eigenvalue weighted by molar-refractivity contribution is 5.82. The minimum absolute atomic E-state index is 0.0144. The second-order valence-corrected chi connectivity index (χ2v) is 5.50. The van der Waals surface area contributed by atoms with E-state index in [1.807, 2.05) is 33.8 Å². The summed E-state index contributed by atoms with van der Waals surface area (Å²) in [5, 5.41) is 1.09. The van der Waals surface area contributed by atoms with Crippen molar-refractivity contribution in [1.82, 2.24) is 9.55 Å². The lowest BCUT2D eigenvalue weighted by Crippen LogP contribution is -2.34. The van der Waals surface area contributed by atoms with Gasteiger partial charge in [0.2, 0.25) is 0 Å². The van der Waals surface area contributed by atoms with Crippen molar-refractivity contribution in [3.8, 4) is 0 Å². The lowest BCUT2D eigenvalue weighted by molar-refractivity contribution is 0.395. The van der Waals surface area contributed by atoms with Crippen molar-refractivity contribution in [2.45, 2.75) is 40.2 Å². The summed E-state index contributed by atoms with van der Waals surface area (Å²) in [7, 11) is 0. The Labute approximate surface area is 101 Å². The molecule has 0 aromatic carbocycles. The van der Waals surface area contributed by atoms with E-state index in [1.54, 1.807) is 16.8 Å². The molecular weight excluding hydrogens is 212 g/mol. The minimum Gasteiger partial charge on any atom is -0.287 e. The van der Waals surface area contributed by atoms with Crippen LogP contribution in [0.2, 0.25) is 0 Å². The highest BCUT2D eigenvalue weighted by Crippen LogP contribution is 2.22. The molecule has 0 aliphatic rings. The summed E-state index contributed by atoms with van der Waals surface area (Å²) in [6, 6.07) is 3.68. The zero-order chi connectivity index (χ0) is 12.8. The molecule has 0 radical (unpaired) electrons. The van der Waals surface area contributed by atoms with E-state index in [1.165, 1.54) is 0 Å². The SMILES string of the molecule is Cc1ccnc2c1c(C)cc(=O)n2C(C)(C)C. The van der Waals surface area contributed by atoms with E-state index in [4.69, 9.17) is 0 Å². The first-order chi connectivity index (χ1) is 7.82. The normalized spacial score (nSPS) is 12.1. The second-order valence-electron chi connectivity index (χ2n) is 5.50. The molecule has 0 aliphatic carbocycles. The highest BCUT2D eigenvalue weighted by atomic mass is 16.1. The van der Waals surface area contributed by atoms with Crippen LogP contribution in [-0.4, -0.2) is 9.55 Å². The van der Waals surface area contributed by atoms with Gasteiger partial charge in [-0.3, -0.25) is 9.36 Å². The fraction of sp³-hybridized carbons (Fsp3) is 0.429. The van der Waals surface area contributed by atoms with Crippen LogP contribution in [0.5, 0.6) is 0 Å². The third-order valence-electron chi connectivity index (χ3n) is 2.98. The molecule has 17 heavy (non-hydrogen) atoms. The molecule has 3 heteroatoms. The Morgan fingerprint density at radius 1 is 1.18 bits per heavy atom. The van der Waals surface area contributed by atoms with Crippen molar-refractivity contribution in [3.05, 3.63) is 39.8 Å². The number of nitrogens with zero attached hydrogens (tertiary/aromatic N) is 2. The van der Waals surface area contributed by atoms with Gasteiger partial charge in [-0.1, -0.05) is 0 Å². The fourth-order valence-electron chi connectivity index (χ4n) is 2.28. The summed E-state index contributed by atoms with van der Waals surface area (Å²) in [5.41, 5.74) is 2.69. The summed E-state index contributed by atoms with van der Waals surface area (Å²) in [6.45, 7) is 10.1. The van der Waals surface area contributed by atoms with E-state index in [0.29, 0.717) is 0 Å². The van der Waals surface area contributed by atoms with Gasteiger partial charge >= 0.3 is 0 Å². The van der Waals surface area contributed by atoms with Crippen LogP contribution in [0.15, 0.2) is 23.1 Å². The molecule has 0 unspecified atom stereocenters. The Kier molecular flexibility index (Phi) is 2.57. The number of fused-ring (bicyclic) bond motifs is 1. The summed E-state index contributed by atoms with van der Waals surface area (Å²) in [5.74, 6) is 0. The molecule has 0 bridgehead atoms. The smallest absolute Gasteiger partial charge is 0.252 e. The van der Waals surface area contributed by atoms with E-state index in [0.717, 1.165) is 22.2 Å². The molecule has 2 aromatic rings. The van der Waals surface area contributed by atoms with E-state index in [2.05, 4.69) is 11.9 Å². The van der Waals surface area contributed by atoms with Gasteiger partial charge in [0, 0.05) is 23.2 Å². The van der Waals surface area contributed by atoms with Crippen LogP contribution in [0.1, 0.15) is 31.9 Å². The molecular formula is C14H18N2O. The molecule has 0 atom stereocenters. The number of pyridine rings is 2. The van der Waals surface area contributed by atoms with Gasteiger partial charge in [0.15, 0.2) is 0 Å². The van der Waals surface area contributed by atoms with Crippen molar-refractivity contribution in [1.29, 1.82) is 0 Å². The van der Waals surface area contributed by atoms with Crippen molar-refractivity contribution in [2.24, 2.45) is 0 Å². The van der Waals surface area contributed by atoms with Crippen LogP contribution in [0.3, 0.4) is 0 Å². The largest absolute Gasteiger partial charge is 0.287 e. The number of aryl methyl sites for hydroxylation is 2. The predicted octanol–water partition coefficient (Wildman–Crippen LogP) is 2.77. The van der Waals surface area contributed by atoms with Crippen molar-refractivity contribution in [3.63, 3.8) is 0 Å². The lowest BCUT2D eigenvalue weighted by atomic mass is 10.0. The average Bonchev–Trinajstić information content (AvgIpc) is 2.14. The molecule has 0 spiro atoms. The van der Waals surface area contributed by atoms with Gasteiger partial charge < -0.3 is 0 Å². The second kappa shape index (κ2) is 3.69. The first kappa shape index (κ1) is 11.8. The van der Waals surface area contributed by atoms with E-state index < -0.39 is 0 Å². The first-order valence-corrected chi connectivity index (χ1v) is 5.81. The van der Waals surface area contributed by atoms with Crippen molar-refractivity contribution < 1.29 is 0 Å². The number of hydrogen-bond acceptors (Lipinski definition) is 2. The Morgan fingerprint density at radius 2 is 1.82 bits per heavy atom. The van der Waals surface area contributed by atoms with Crippen molar-refractivity contribution >= 4 is 11.0 Å². The minimum atomic E-state index is -0.260. The molecule has 0 amide bonds. The summed E-state index contributed by atoms with van der Waals surface area (Å²) in [6.07, 6.45) is 1.76. The molecule has 0 saturated carbocycles. The zero-order valence-electron chi connectivity index (χ0n) is 11.0. The molecule has 2 heterocycles. The maximum Gasteiger partial charge on any atom is 0.252 e. The fourth-order valence-corrected chi connectivity index (χ4v) is 2.28. The van der Waals surface area contributed by atoms with Crippen LogP contribution in [0.25, 0.3) is 11.0 Å². The molecule has 2 aromatic heterocycles. The standard InChI is InChI=1S/C14H18N2O/c1-9-6-7-15-13-12(9)10(2)8-11(17)16(13)14(3,4)5/h6-8H,1-5H3. The molecule has 90 valence electrons. The maximum atomic E-state index is 12.1. The van der Waals surface area contributed by atoms with Crippen LogP contribution in [-0.2, 0) is 5.54 Å². The zero-order valence-corrected chi connectivity index (χ0v) is 11.0. The van der Waals surface area contributed by atoms with Gasteiger partial charge in [-0.25, -0.2) is 4.98 Å². The number of rotatable bonds is 0. The van der Waals surface area contributed by atoms with Crippen LogP contribution >= 0.6 is 0 Å². The van der Waals surface area contributed by atoms with E-state index in [9.17, 15) is 4.79 Å². The Bertz CT molecular complexity index is 633. The summed E-state index contributed by atoms with van der Waals surface area (Å²) < 4.78 is 1.77. The molecule has 3 nitrogen and oxygen atoms in total. The van der Waals surface area contributed by atoms with Gasteiger partial charge in [0.25, 0.3) is 5.56 Å². The quantitative estimate of drug-likeness (QED) is 0.697. The number of aromatic nitrogens is 2. The topological polar surface area (TPSA) is 34.9 Å². The average molecular weight is 230 g/mol. The van der Waals surface area contributed by atoms with Gasteiger partial charge in [-0.2, -0.15) is 0 Å². The van der Waals surface area contributed by atoms with Gasteiger partial charge in [-0.15, -0.1) is 0 Å². The molecule has 2 rings (SSSR count). The molecule has 0 saturated heterocycles. The van der Waals surface area contributed by atoms with Gasteiger partial charge in [0.1, 0.15) is 5.65 Å². The Balaban J connectivity index is 3.05. The Hall–Kier alpha value is -1.64. The third kappa shape index (κ3) is 1.86. The van der Waals surface area contributed by atoms with Crippen LogP contribution in [0.4, 0.5) is 0 Å². The van der Waals surface area contributed by atoms with Crippen LogP contribution < -0.4 is 5.56 Å². The first-order valence-electron chi connectivity index (χ1n) is 5.81. The molecule has 0 N–H and O–H groups in total. The van der Waals surface area contributed by atoms with Gasteiger partial charge in [0.05, 0.1) is 0 Å². The van der Waals surface area contributed by atoms with Gasteiger partial charge in [-0.05, 0) is 51.8 Å². The van der Waals surface area contributed by atoms with E-state index >= 15 is 0 Å². The summed E-state index contributed by atoms with van der Waals surface area (Å²) >= 11 is 0. The van der Waals surface area contributed by atoms with Crippen LogP contribution in [0, 0.1) is 13.8 Å². The third-order valence-corrected chi connectivity index (χ3v) is 2.98. The predicted molar refractivity (Wildman–Crippen MR) is 70.5 cm³/mol. The summed E-state index contributed by atoms with van der Waals surface area (Å²) in [4.78, 5) is 16.5. The number of hydrogen-bond donors (Lipinski definition) is 0. The Morgan fingerprint density at radius 3 is 2.41 bits per heavy atom. The molecule has 0 fully saturated rings. The van der Waals surface area contributed by atoms with Crippen molar-refractivity contribution in [2.75, 3.05) is 0 Å². The van der Waals surface area contributed by atoms with E-state index in [-0.39, 0.29) is 11.1 Å². The molecule has 0 aliphatic heterocycles. The highest BCUT2D eigenvalue weighted by Gasteiger charge is 2.19.